The van der Waals surface area contributed by atoms with E-state index in [-0.39, 0.29) is 5.91 Å². The molecule has 17 heavy (non-hydrogen) atoms. The number of carbonyl (C=O) groups excluding carboxylic acids is 1. The first-order chi connectivity index (χ1) is 7.99. The second-order valence-corrected chi connectivity index (χ2v) is 6.91. The molecule has 0 spiro atoms. The van der Waals surface area contributed by atoms with Crippen LogP contribution in [0.1, 0.15) is 26.2 Å². The summed E-state index contributed by atoms with van der Waals surface area (Å²) in [5.74, 6) is 0.639. The molecule has 0 aromatic heterocycles. The average molecular weight is 277 g/mol. The minimum absolute atomic E-state index is 0.131. The maximum atomic E-state index is 12.0. The van der Waals surface area contributed by atoms with Gasteiger partial charge in [-0.05, 0) is 43.9 Å². The minimum Gasteiger partial charge on any atom is -0.480 e. The number of amides is 1. The number of nitrogens with one attached hydrogen (secondary N) is 1. The third-order valence-electron chi connectivity index (χ3n) is 2.91. The van der Waals surface area contributed by atoms with Crippen molar-refractivity contribution in [1.29, 1.82) is 0 Å². The minimum atomic E-state index is -0.945. The van der Waals surface area contributed by atoms with Gasteiger partial charge >= 0.3 is 5.97 Å². The third-order valence-corrected chi connectivity index (χ3v) is 5.08. The van der Waals surface area contributed by atoms with Crippen LogP contribution >= 0.6 is 23.5 Å². The Hall–Kier alpha value is -0.360. The van der Waals surface area contributed by atoms with Crippen LogP contribution in [0.3, 0.4) is 0 Å². The van der Waals surface area contributed by atoms with Crippen LogP contribution in [0, 0.1) is 0 Å². The van der Waals surface area contributed by atoms with Gasteiger partial charge in [0.05, 0.1) is 4.75 Å². The fraction of sp³-hybridized carbons (Fsp3) is 0.818. The number of hydrogen-bond acceptors (Lipinski definition) is 4. The molecule has 1 aliphatic heterocycles. The van der Waals surface area contributed by atoms with Gasteiger partial charge in [0.25, 0.3) is 0 Å². The van der Waals surface area contributed by atoms with E-state index in [4.69, 9.17) is 5.11 Å². The molecule has 1 amide bonds. The lowest BCUT2D eigenvalue weighted by molar-refractivity contribution is -0.142. The molecule has 2 N–H and O–H groups in total. The maximum absolute atomic E-state index is 12.0. The number of carboxylic acids is 1. The number of aliphatic carboxylic acids is 1. The fourth-order valence-electron chi connectivity index (χ4n) is 1.76. The van der Waals surface area contributed by atoms with Crippen molar-refractivity contribution in [3.8, 4) is 0 Å². The second-order valence-electron chi connectivity index (χ2n) is 4.33. The summed E-state index contributed by atoms with van der Waals surface area (Å²) in [4.78, 5) is 23.1. The number of hydrogen-bond donors (Lipinski definition) is 2. The van der Waals surface area contributed by atoms with Crippen LogP contribution in [-0.4, -0.2) is 45.5 Å². The van der Waals surface area contributed by atoms with Gasteiger partial charge in [-0.15, -0.1) is 11.8 Å². The summed E-state index contributed by atoms with van der Waals surface area (Å²) in [7, 11) is 0. The Kier molecular flexibility index (Phi) is 5.66. The van der Waals surface area contributed by atoms with Crippen molar-refractivity contribution in [3.63, 3.8) is 0 Å². The molecular weight excluding hydrogens is 258 g/mol. The number of thioether (sulfide) groups is 2. The van der Waals surface area contributed by atoms with E-state index in [1.807, 2.05) is 13.2 Å². The first kappa shape index (κ1) is 14.7. The highest BCUT2D eigenvalue weighted by Gasteiger charge is 2.38. The van der Waals surface area contributed by atoms with Crippen LogP contribution in [0.4, 0.5) is 0 Å². The van der Waals surface area contributed by atoms with E-state index in [0.29, 0.717) is 6.42 Å². The van der Waals surface area contributed by atoms with Gasteiger partial charge in [0.15, 0.2) is 0 Å². The maximum Gasteiger partial charge on any atom is 0.326 e. The molecule has 1 heterocycles. The van der Waals surface area contributed by atoms with Crippen LogP contribution in [0.25, 0.3) is 0 Å². The topological polar surface area (TPSA) is 66.4 Å². The van der Waals surface area contributed by atoms with Crippen molar-refractivity contribution in [2.24, 2.45) is 0 Å². The molecule has 0 aromatic carbocycles. The van der Waals surface area contributed by atoms with Crippen LogP contribution < -0.4 is 5.32 Å². The SMILES string of the molecule is CSCC[C@@H](NC(=O)C1(C)CCCS1)C(=O)O. The summed E-state index contributed by atoms with van der Waals surface area (Å²) in [6, 6.07) is -0.757. The van der Waals surface area contributed by atoms with E-state index in [1.165, 1.54) is 0 Å². The molecule has 4 nitrogen and oxygen atoms in total. The largest absolute Gasteiger partial charge is 0.480 e. The van der Waals surface area contributed by atoms with Crippen LogP contribution in [0.15, 0.2) is 0 Å². The van der Waals surface area contributed by atoms with E-state index >= 15 is 0 Å². The Bertz CT molecular complexity index is 290. The van der Waals surface area contributed by atoms with Gasteiger partial charge in [-0.25, -0.2) is 4.79 Å². The Morgan fingerprint density at radius 2 is 2.29 bits per heavy atom. The zero-order valence-electron chi connectivity index (χ0n) is 10.2. The smallest absolute Gasteiger partial charge is 0.326 e. The molecule has 98 valence electrons. The summed E-state index contributed by atoms with van der Waals surface area (Å²) in [5.41, 5.74) is 0. The molecule has 1 fully saturated rings. The highest BCUT2D eigenvalue weighted by Crippen LogP contribution is 2.37. The zero-order valence-corrected chi connectivity index (χ0v) is 11.8. The molecule has 2 atom stereocenters. The van der Waals surface area contributed by atoms with Gasteiger partial charge in [0.2, 0.25) is 5.91 Å². The predicted molar refractivity (Wildman–Crippen MR) is 72.7 cm³/mol. The van der Waals surface area contributed by atoms with E-state index in [0.717, 1.165) is 24.3 Å². The van der Waals surface area contributed by atoms with Crippen molar-refractivity contribution in [2.75, 3.05) is 17.8 Å². The Morgan fingerprint density at radius 3 is 2.76 bits per heavy atom. The van der Waals surface area contributed by atoms with E-state index in [9.17, 15) is 9.59 Å². The Labute approximate surface area is 110 Å². The molecule has 0 radical (unpaired) electrons. The van der Waals surface area contributed by atoms with Crippen molar-refractivity contribution in [1.82, 2.24) is 5.32 Å². The molecule has 0 aliphatic carbocycles. The molecular formula is C11H19NO3S2. The molecule has 6 heteroatoms. The highest BCUT2D eigenvalue weighted by atomic mass is 32.2. The Balaban J connectivity index is 2.54. The lowest BCUT2D eigenvalue weighted by atomic mass is 10.0. The zero-order chi connectivity index (χ0) is 12.9. The summed E-state index contributed by atoms with van der Waals surface area (Å²) < 4.78 is -0.437. The monoisotopic (exact) mass is 277 g/mol. The fourth-order valence-corrected chi connectivity index (χ4v) is 3.45. The van der Waals surface area contributed by atoms with Crippen LogP contribution in [-0.2, 0) is 9.59 Å². The third kappa shape index (κ3) is 4.10. The summed E-state index contributed by atoms with van der Waals surface area (Å²) >= 11 is 3.21. The Morgan fingerprint density at radius 1 is 1.59 bits per heavy atom. The van der Waals surface area contributed by atoms with Gasteiger partial charge in [-0.1, -0.05) is 0 Å². The highest BCUT2D eigenvalue weighted by molar-refractivity contribution is 8.01. The molecule has 0 saturated carbocycles. The lowest BCUT2D eigenvalue weighted by Crippen LogP contribution is -2.48. The van der Waals surface area contributed by atoms with Gasteiger partial charge in [-0.2, -0.15) is 11.8 Å². The van der Waals surface area contributed by atoms with Crippen molar-refractivity contribution in [2.45, 2.75) is 37.0 Å². The van der Waals surface area contributed by atoms with E-state index in [1.54, 1.807) is 23.5 Å². The van der Waals surface area contributed by atoms with Crippen molar-refractivity contribution >= 4 is 35.4 Å². The molecule has 1 aliphatic rings. The number of carbonyl (C=O) groups is 2. The van der Waals surface area contributed by atoms with Gasteiger partial charge in [0, 0.05) is 0 Å². The van der Waals surface area contributed by atoms with E-state index in [2.05, 4.69) is 5.32 Å². The number of rotatable bonds is 6. The second kappa shape index (κ2) is 6.54. The van der Waals surface area contributed by atoms with Gasteiger partial charge < -0.3 is 10.4 Å². The predicted octanol–water partition coefficient (Wildman–Crippen LogP) is 1.59. The molecule has 0 bridgehead atoms. The summed E-state index contributed by atoms with van der Waals surface area (Å²) in [5, 5.41) is 11.7. The average Bonchev–Trinajstić information content (AvgIpc) is 2.72. The van der Waals surface area contributed by atoms with Gasteiger partial charge in [0.1, 0.15) is 6.04 Å². The summed E-state index contributed by atoms with van der Waals surface area (Å²) in [6.45, 7) is 1.90. The number of carboxylic acid groups (broad SMARTS) is 1. The normalized spacial score (nSPS) is 25.5. The first-order valence-electron chi connectivity index (χ1n) is 5.66. The van der Waals surface area contributed by atoms with Crippen molar-refractivity contribution in [3.05, 3.63) is 0 Å². The van der Waals surface area contributed by atoms with Crippen LogP contribution in [0.5, 0.6) is 0 Å². The van der Waals surface area contributed by atoms with Crippen molar-refractivity contribution < 1.29 is 14.7 Å². The van der Waals surface area contributed by atoms with E-state index < -0.39 is 16.8 Å². The lowest BCUT2D eigenvalue weighted by Gasteiger charge is -2.24. The molecule has 1 saturated heterocycles. The van der Waals surface area contributed by atoms with Crippen LogP contribution in [0.2, 0.25) is 0 Å². The first-order valence-corrected chi connectivity index (χ1v) is 8.04. The molecule has 1 unspecified atom stereocenters. The molecule has 1 rings (SSSR count). The quantitative estimate of drug-likeness (QED) is 0.772. The van der Waals surface area contributed by atoms with Gasteiger partial charge in [-0.3, -0.25) is 4.79 Å². The molecule has 0 aromatic rings. The standard InChI is InChI=1S/C11H19NO3S2/c1-11(5-3-6-17-11)10(15)12-8(9(13)14)4-7-16-2/h8H,3-7H2,1-2H3,(H,12,15)(H,13,14)/t8-,11?/m1/s1. The summed E-state index contributed by atoms with van der Waals surface area (Å²) in [6.07, 6.45) is 4.26.